The van der Waals surface area contributed by atoms with E-state index >= 15 is 0 Å². The summed E-state index contributed by atoms with van der Waals surface area (Å²) in [5.74, 6) is 0. The van der Waals surface area contributed by atoms with Crippen LogP contribution in [0.4, 0.5) is 10.5 Å². The van der Waals surface area contributed by atoms with Crippen molar-refractivity contribution in [3.8, 4) is 0 Å². The van der Waals surface area contributed by atoms with Crippen LogP contribution in [0.2, 0.25) is 0 Å². The maximum atomic E-state index is 10.8. The molecular weight excluding hydrogens is 142 g/mol. The molecule has 1 aromatic heterocycles. The van der Waals surface area contributed by atoms with E-state index in [1.165, 1.54) is 0 Å². The van der Waals surface area contributed by atoms with Crippen LogP contribution in [0.25, 0.3) is 0 Å². The standard InChI is InChI=1S/C7H11N3O/c1-5-3-6(4-9-5)10-7(11)8-2/h3-4,9H,1-2H3,(H2,8,10,11). The van der Waals surface area contributed by atoms with E-state index in [-0.39, 0.29) is 6.03 Å². The number of hydrogen-bond acceptors (Lipinski definition) is 1. The van der Waals surface area contributed by atoms with Gasteiger partial charge < -0.3 is 15.6 Å². The first-order valence-corrected chi connectivity index (χ1v) is 3.36. The number of H-pyrrole nitrogens is 1. The van der Waals surface area contributed by atoms with E-state index in [2.05, 4.69) is 15.6 Å². The van der Waals surface area contributed by atoms with Crippen LogP contribution in [-0.4, -0.2) is 18.1 Å². The smallest absolute Gasteiger partial charge is 0.319 e. The summed E-state index contributed by atoms with van der Waals surface area (Å²) < 4.78 is 0. The van der Waals surface area contributed by atoms with Gasteiger partial charge in [-0.15, -0.1) is 0 Å². The van der Waals surface area contributed by atoms with Crippen molar-refractivity contribution in [2.24, 2.45) is 0 Å². The number of amides is 2. The second kappa shape index (κ2) is 3.09. The summed E-state index contributed by atoms with van der Waals surface area (Å²) in [5.41, 5.74) is 1.80. The molecule has 0 aliphatic heterocycles. The third kappa shape index (κ3) is 2.00. The number of aromatic nitrogens is 1. The number of carbonyl (C=O) groups excluding carboxylic acids is 1. The van der Waals surface area contributed by atoms with Gasteiger partial charge in [0, 0.05) is 18.9 Å². The highest BCUT2D eigenvalue weighted by atomic mass is 16.2. The average Bonchev–Trinajstić information content (AvgIpc) is 2.35. The summed E-state index contributed by atoms with van der Waals surface area (Å²) >= 11 is 0. The predicted octanol–water partition coefficient (Wildman–Crippen LogP) is 1.07. The number of carbonyl (C=O) groups is 1. The van der Waals surface area contributed by atoms with Crippen LogP contribution < -0.4 is 10.6 Å². The Balaban J connectivity index is 2.57. The topological polar surface area (TPSA) is 56.9 Å². The fourth-order valence-electron chi connectivity index (χ4n) is 0.774. The lowest BCUT2D eigenvalue weighted by Gasteiger charge is -1.98. The molecule has 0 atom stereocenters. The van der Waals surface area contributed by atoms with Gasteiger partial charge in [0.1, 0.15) is 0 Å². The van der Waals surface area contributed by atoms with Crippen LogP contribution in [-0.2, 0) is 0 Å². The maximum Gasteiger partial charge on any atom is 0.319 e. The number of anilines is 1. The lowest BCUT2D eigenvalue weighted by molar-refractivity contribution is 0.254. The van der Waals surface area contributed by atoms with Crippen molar-refractivity contribution in [3.63, 3.8) is 0 Å². The first-order valence-electron chi connectivity index (χ1n) is 3.36. The van der Waals surface area contributed by atoms with Crippen LogP contribution in [0.5, 0.6) is 0 Å². The molecule has 11 heavy (non-hydrogen) atoms. The van der Waals surface area contributed by atoms with E-state index in [0.717, 1.165) is 11.4 Å². The van der Waals surface area contributed by atoms with Gasteiger partial charge in [0.25, 0.3) is 0 Å². The summed E-state index contributed by atoms with van der Waals surface area (Å²) in [6, 6.07) is 1.65. The Kier molecular flexibility index (Phi) is 2.15. The molecule has 1 aromatic rings. The Morgan fingerprint density at radius 3 is 2.82 bits per heavy atom. The van der Waals surface area contributed by atoms with Crippen LogP contribution in [0.3, 0.4) is 0 Å². The van der Waals surface area contributed by atoms with E-state index in [1.54, 1.807) is 13.2 Å². The molecule has 4 heteroatoms. The van der Waals surface area contributed by atoms with Gasteiger partial charge in [0.15, 0.2) is 0 Å². The Morgan fingerprint density at radius 1 is 1.64 bits per heavy atom. The van der Waals surface area contributed by atoms with Crippen LogP contribution in [0.15, 0.2) is 12.3 Å². The maximum absolute atomic E-state index is 10.8. The number of aryl methyl sites for hydroxylation is 1. The summed E-state index contributed by atoms with van der Waals surface area (Å²) in [6.45, 7) is 1.93. The molecule has 0 aromatic carbocycles. The van der Waals surface area contributed by atoms with Gasteiger partial charge in [-0.2, -0.15) is 0 Å². The van der Waals surface area contributed by atoms with E-state index in [9.17, 15) is 4.79 Å². The fourth-order valence-corrected chi connectivity index (χ4v) is 0.774. The van der Waals surface area contributed by atoms with Crippen molar-refractivity contribution in [2.45, 2.75) is 6.92 Å². The second-order valence-electron chi connectivity index (χ2n) is 2.28. The number of nitrogens with one attached hydrogen (secondary N) is 3. The highest BCUT2D eigenvalue weighted by Gasteiger charge is 1.98. The molecule has 3 N–H and O–H groups in total. The third-order valence-electron chi connectivity index (χ3n) is 1.31. The van der Waals surface area contributed by atoms with E-state index < -0.39 is 0 Å². The van der Waals surface area contributed by atoms with Gasteiger partial charge in [-0.05, 0) is 13.0 Å². The minimum Gasteiger partial charge on any atom is -0.363 e. The lowest BCUT2D eigenvalue weighted by Crippen LogP contribution is -2.24. The predicted molar refractivity (Wildman–Crippen MR) is 43.6 cm³/mol. The normalized spacial score (nSPS) is 9.27. The van der Waals surface area contributed by atoms with Crippen LogP contribution in [0.1, 0.15) is 5.69 Å². The third-order valence-corrected chi connectivity index (χ3v) is 1.31. The summed E-state index contributed by atoms with van der Waals surface area (Å²) in [7, 11) is 1.58. The SMILES string of the molecule is CNC(=O)Nc1c[nH]c(C)c1. The van der Waals surface area contributed by atoms with Gasteiger partial charge in [0.05, 0.1) is 5.69 Å². The minimum atomic E-state index is -0.205. The molecule has 1 heterocycles. The van der Waals surface area contributed by atoms with Crippen molar-refractivity contribution in [2.75, 3.05) is 12.4 Å². The second-order valence-corrected chi connectivity index (χ2v) is 2.28. The molecule has 1 rings (SSSR count). The highest BCUT2D eigenvalue weighted by molar-refractivity contribution is 5.88. The molecule has 0 saturated heterocycles. The molecule has 0 fully saturated rings. The molecule has 0 unspecified atom stereocenters. The van der Waals surface area contributed by atoms with Crippen LogP contribution >= 0.6 is 0 Å². The van der Waals surface area contributed by atoms with Gasteiger partial charge in [-0.25, -0.2) is 4.79 Å². The monoisotopic (exact) mass is 153 g/mol. The Bertz CT molecular complexity index is 254. The number of urea groups is 1. The number of rotatable bonds is 1. The van der Waals surface area contributed by atoms with Crippen molar-refractivity contribution in [1.82, 2.24) is 10.3 Å². The van der Waals surface area contributed by atoms with Gasteiger partial charge in [-0.3, -0.25) is 0 Å². The van der Waals surface area contributed by atoms with Crippen molar-refractivity contribution in [1.29, 1.82) is 0 Å². The van der Waals surface area contributed by atoms with Gasteiger partial charge in [-0.1, -0.05) is 0 Å². The zero-order valence-electron chi connectivity index (χ0n) is 6.56. The first kappa shape index (κ1) is 7.65. The molecule has 60 valence electrons. The molecular formula is C7H11N3O. The minimum absolute atomic E-state index is 0.205. The Morgan fingerprint density at radius 2 is 2.36 bits per heavy atom. The van der Waals surface area contributed by atoms with E-state index in [1.807, 2.05) is 13.0 Å². The van der Waals surface area contributed by atoms with Crippen molar-refractivity contribution in [3.05, 3.63) is 18.0 Å². The zero-order chi connectivity index (χ0) is 8.27. The lowest BCUT2D eigenvalue weighted by atomic mass is 10.4. The molecule has 0 saturated carbocycles. The molecule has 4 nitrogen and oxygen atoms in total. The first-order chi connectivity index (χ1) is 5.22. The number of hydrogen-bond donors (Lipinski definition) is 3. The Hall–Kier alpha value is -1.45. The van der Waals surface area contributed by atoms with E-state index in [4.69, 9.17) is 0 Å². The molecule has 0 aliphatic rings. The van der Waals surface area contributed by atoms with Gasteiger partial charge >= 0.3 is 6.03 Å². The average molecular weight is 153 g/mol. The quantitative estimate of drug-likeness (QED) is 0.555. The zero-order valence-corrected chi connectivity index (χ0v) is 6.56. The highest BCUT2D eigenvalue weighted by Crippen LogP contribution is 2.07. The van der Waals surface area contributed by atoms with Gasteiger partial charge in [0.2, 0.25) is 0 Å². The largest absolute Gasteiger partial charge is 0.363 e. The van der Waals surface area contributed by atoms with Crippen molar-refractivity contribution < 1.29 is 4.79 Å². The summed E-state index contributed by atoms with van der Waals surface area (Å²) in [4.78, 5) is 13.7. The fraction of sp³-hybridized carbons (Fsp3) is 0.286. The molecule has 0 bridgehead atoms. The van der Waals surface area contributed by atoms with E-state index in [0.29, 0.717) is 0 Å². The number of aromatic amines is 1. The van der Waals surface area contributed by atoms with Crippen molar-refractivity contribution >= 4 is 11.7 Å². The molecule has 0 radical (unpaired) electrons. The molecule has 2 amide bonds. The van der Waals surface area contributed by atoms with Crippen LogP contribution in [0, 0.1) is 6.92 Å². The summed E-state index contributed by atoms with van der Waals surface area (Å²) in [5, 5.41) is 5.09. The Labute approximate surface area is 65.0 Å². The summed E-state index contributed by atoms with van der Waals surface area (Å²) in [6.07, 6.45) is 1.74. The molecule has 0 aliphatic carbocycles. The molecule has 0 spiro atoms.